The van der Waals surface area contributed by atoms with Crippen LogP contribution >= 0.6 is 34.8 Å². The number of aliphatic hydroxyl groups is 1. The third-order valence-corrected chi connectivity index (χ3v) is 9.98. The zero-order valence-electron chi connectivity index (χ0n) is 21.0. The number of piperidine rings is 1. The van der Waals surface area contributed by atoms with Crippen LogP contribution in [0.25, 0.3) is 0 Å². The summed E-state index contributed by atoms with van der Waals surface area (Å²) in [5, 5.41) is 11.0. The quantitative estimate of drug-likeness (QED) is 0.335. The highest BCUT2D eigenvalue weighted by Crippen LogP contribution is 2.46. The number of carbonyl (C=O) groups excluding carboxylic acids is 2. The number of hydrogen-bond donors (Lipinski definition) is 1. The number of aldehydes is 1. The lowest BCUT2D eigenvalue weighted by atomic mass is 9.66. The Morgan fingerprint density at radius 2 is 2.08 bits per heavy atom. The molecule has 0 aromatic heterocycles. The van der Waals surface area contributed by atoms with Gasteiger partial charge in [-0.15, -0.1) is 23.2 Å². The molecule has 6 unspecified atom stereocenters. The van der Waals surface area contributed by atoms with E-state index in [0.29, 0.717) is 42.3 Å². The van der Waals surface area contributed by atoms with Crippen molar-refractivity contribution in [1.29, 1.82) is 0 Å². The van der Waals surface area contributed by atoms with Crippen LogP contribution in [0.5, 0.6) is 0 Å². The van der Waals surface area contributed by atoms with Gasteiger partial charge in [-0.25, -0.2) is 0 Å². The molecule has 1 saturated carbocycles. The van der Waals surface area contributed by atoms with E-state index in [0.717, 1.165) is 37.5 Å². The van der Waals surface area contributed by atoms with Crippen LogP contribution in [0.1, 0.15) is 51.9 Å². The van der Waals surface area contributed by atoms with Crippen molar-refractivity contribution in [3.8, 4) is 0 Å². The normalized spacial score (nSPS) is 37.3. The van der Waals surface area contributed by atoms with E-state index in [4.69, 9.17) is 39.5 Å². The second-order valence-electron chi connectivity index (χ2n) is 10.9. The van der Waals surface area contributed by atoms with Gasteiger partial charge in [0, 0.05) is 47.8 Å². The Hall–Kier alpha value is -1.27. The van der Waals surface area contributed by atoms with Gasteiger partial charge in [0.2, 0.25) is 5.91 Å². The maximum Gasteiger partial charge on any atom is 0.249 e. The van der Waals surface area contributed by atoms with Gasteiger partial charge >= 0.3 is 0 Å². The largest absolute Gasteiger partial charge is 0.498 e. The number of rotatable bonds is 6. The Kier molecular flexibility index (Phi) is 8.97. The molecule has 0 aromatic rings. The second kappa shape index (κ2) is 11.6. The zero-order chi connectivity index (χ0) is 26.0. The van der Waals surface area contributed by atoms with Gasteiger partial charge in [-0.2, -0.15) is 0 Å². The van der Waals surface area contributed by atoms with Gasteiger partial charge in [-0.3, -0.25) is 4.79 Å². The monoisotopic (exact) mass is 555 g/mol. The molecule has 7 atom stereocenters. The fourth-order valence-corrected chi connectivity index (χ4v) is 7.18. The predicted molar refractivity (Wildman–Crippen MR) is 144 cm³/mol. The Bertz CT molecular complexity index is 985. The highest BCUT2D eigenvalue weighted by Gasteiger charge is 2.43. The molecule has 0 spiro atoms. The standard InChI is InChI=1S/C28H36Cl3NO4/c1-28(31)10-8-17(14-26(28)30)19-12-20(21-4-3-5-23(29)22(21)9-11-33)16-32(15-19)27(35)18-6-7-25(36-2)24(34)13-18/h6-8,11,14,19-24,34H,3-5,9-10,12-13,15-16H2,1-2H3/t19-,20?,21?,22?,23?,24?,28?/m0/s1. The molecule has 0 radical (unpaired) electrons. The molecule has 1 heterocycles. The van der Waals surface area contributed by atoms with Crippen LogP contribution < -0.4 is 0 Å². The summed E-state index contributed by atoms with van der Waals surface area (Å²) in [6, 6.07) is 0. The number of hydrogen-bond acceptors (Lipinski definition) is 4. The van der Waals surface area contributed by atoms with E-state index < -0.39 is 11.0 Å². The molecule has 1 saturated heterocycles. The molecule has 4 aliphatic rings. The minimum Gasteiger partial charge on any atom is -0.498 e. The van der Waals surface area contributed by atoms with Gasteiger partial charge in [0.15, 0.2) is 0 Å². The predicted octanol–water partition coefficient (Wildman–Crippen LogP) is 5.74. The van der Waals surface area contributed by atoms with Crippen LogP contribution in [0.3, 0.4) is 0 Å². The molecular formula is C28H36Cl3NO4. The lowest BCUT2D eigenvalue weighted by Crippen LogP contribution is -2.49. The molecular weight excluding hydrogens is 521 g/mol. The van der Waals surface area contributed by atoms with Crippen molar-refractivity contribution in [2.75, 3.05) is 20.2 Å². The van der Waals surface area contributed by atoms with Crippen LogP contribution in [0.4, 0.5) is 0 Å². The Morgan fingerprint density at radius 1 is 1.31 bits per heavy atom. The fourth-order valence-electron chi connectivity index (χ4n) is 6.40. The summed E-state index contributed by atoms with van der Waals surface area (Å²) in [6.45, 7) is 3.10. The maximum atomic E-state index is 13.7. The van der Waals surface area contributed by atoms with Gasteiger partial charge in [0.25, 0.3) is 0 Å². The summed E-state index contributed by atoms with van der Waals surface area (Å²) in [7, 11) is 1.52. The van der Waals surface area contributed by atoms with Crippen molar-refractivity contribution < 1.29 is 19.4 Å². The SMILES string of the molecule is COC1=CC=C(C(=O)N2CC(C3CCCC(Cl)C3CC=O)C[C@H](C3=CCC(C)(Cl)C(Cl)=C3)C2)CC1O. The molecule has 198 valence electrons. The first-order valence-corrected chi connectivity index (χ1v) is 14.1. The molecule has 1 aliphatic heterocycles. The third kappa shape index (κ3) is 5.90. The van der Waals surface area contributed by atoms with Crippen molar-refractivity contribution in [3.63, 3.8) is 0 Å². The van der Waals surface area contributed by atoms with Crippen LogP contribution in [0.15, 0.2) is 46.2 Å². The topological polar surface area (TPSA) is 66.8 Å². The average molecular weight is 557 g/mol. The number of carbonyl (C=O) groups is 2. The summed E-state index contributed by atoms with van der Waals surface area (Å²) in [6.07, 6.45) is 12.9. The van der Waals surface area contributed by atoms with Gasteiger partial charge in [0.05, 0.1) is 12.0 Å². The average Bonchev–Trinajstić information content (AvgIpc) is 2.86. The van der Waals surface area contributed by atoms with Crippen molar-refractivity contribution in [2.45, 2.75) is 68.2 Å². The highest BCUT2D eigenvalue weighted by molar-refractivity contribution is 6.39. The minimum absolute atomic E-state index is 0.0209. The number of allylic oxidation sites excluding steroid dienone is 5. The summed E-state index contributed by atoms with van der Waals surface area (Å²) in [5.41, 5.74) is 1.69. The second-order valence-corrected chi connectivity index (χ2v) is 12.7. The molecule has 5 nitrogen and oxygen atoms in total. The van der Waals surface area contributed by atoms with Crippen LogP contribution in [-0.4, -0.2) is 58.8 Å². The zero-order valence-corrected chi connectivity index (χ0v) is 23.2. The molecule has 2 fully saturated rings. The number of likely N-dealkylation sites (tertiary alicyclic amines) is 1. The van der Waals surface area contributed by atoms with Crippen molar-refractivity contribution in [1.82, 2.24) is 4.90 Å². The van der Waals surface area contributed by atoms with E-state index in [1.165, 1.54) is 7.11 Å². The van der Waals surface area contributed by atoms with E-state index in [2.05, 4.69) is 6.08 Å². The summed E-state index contributed by atoms with van der Waals surface area (Å²) in [4.78, 5) is 26.5. The Balaban J connectivity index is 1.62. The number of methoxy groups -OCH3 is 1. The van der Waals surface area contributed by atoms with Gasteiger partial charge < -0.3 is 19.5 Å². The lowest BCUT2D eigenvalue weighted by molar-refractivity contribution is -0.131. The van der Waals surface area contributed by atoms with E-state index in [1.807, 2.05) is 17.9 Å². The smallest absolute Gasteiger partial charge is 0.249 e. The van der Waals surface area contributed by atoms with E-state index in [1.54, 1.807) is 12.2 Å². The number of nitrogens with zero attached hydrogens (tertiary/aromatic N) is 1. The number of alkyl halides is 2. The number of ether oxygens (including phenoxy) is 1. The Labute approximate surface area is 229 Å². The number of amides is 1. The highest BCUT2D eigenvalue weighted by atomic mass is 35.5. The first kappa shape index (κ1) is 27.8. The third-order valence-electron chi connectivity index (χ3n) is 8.46. The molecule has 36 heavy (non-hydrogen) atoms. The van der Waals surface area contributed by atoms with Gasteiger partial charge in [-0.05, 0) is 68.1 Å². The molecule has 1 N–H and O–H groups in total. The Morgan fingerprint density at radius 3 is 2.75 bits per heavy atom. The van der Waals surface area contributed by atoms with Crippen molar-refractivity contribution in [2.24, 2.45) is 23.7 Å². The molecule has 0 bridgehead atoms. The van der Waals surface area contributed by atoms with Crippen LogP contribution in [0, 0.1) is 23.7 Å². The lowest BCUT2D eigenvalue weighted by Gasteiger charge is -2.46. The van der Waals surface area contributed by atoms with Crippen molar-refractivity contribution in [3.05, 3.63) is 46.2 Å². The van der Waals surface area contributed by atoms with E-state index in [9.17, 15) is 14.7 Å². The molecule has 8 heteroatoms. The van der Waals surface area contributed by atoms with Crippen LogP contribution in [-0.2, 0) is 14.3 Å². The summed E-state index contributed by atoms with van der Waals surface area (Å²) in [5.74, 6) is 1.12. The molecule has 3 aliphatic carbocycles. The summed E-state index contributed by atoms with van der Waals surface area (Å²) >= 11 is 19.8. The fraction of sp³-hybridized carbons (Fsp3) is 0.643. The minimum atomic E-state index is -0.827. The van der Waals surface area contributed by atoms with Gasteiger partial charge in [0.1, 0.15) is 18.1 Å². The molecule has 0 aromatic carbocycles. The number of aliphatic hydroxyl groups excluding tert-OH is 1. The van der Waals surface area contributed by atoms with Crippen molar-refractivity contribution >= 4 is 47.0 Å². The van der Waals surface area contributed by atoms with Crippen LogP contribution in [0.2, 0.25) is 0 Å². The van der Waals surface area contributed by atoms with E-state index >= 15 is 0 Å². The first-order valence-electron chi connectivity index (χ1n) is 12.9. The summed E-state index contributed by atoms with van der Waals surface area (Å²) < 4.78 is 5.20. The maximum absolute atomic E-state index is 13.7. The molecule has 1 amide bonds. The molecule has 4 rings (SSSR count). The van der Waals surface area contributed by atoms with Gasteiger partial charge in [-0.1, -0.05) is 30.2 Å². The first-order chi connectivity index (χ1) is 17.1. The van der Waals surface area contributed by atoms with E-state index in [-0.39, 0.29) is 41.4 Å². The number of halogens is 3.